The number of nitriles is 1. The van der Waals surface area contributed by atoms with Gasteiger partial charge in [0.05, 0.1) is 22.8 Å². The zero-order valence-electron chi connectivity index (χ0n) is 16.3. The molecule has 0 spiro atoms. The molecule has 1 atom stereocenters. The first-order valence-electron chi connectivity index (χ1n) is 8.91. The number of nitrogens with two attached hydrogens (primary N) is 1. The van der Waals surface area contributed by atoms with E-state index < -0.39 is 18.3 Å². The number of hydrogen-bond donors (Lipinski definition) is 1. The molecule has 2 N–H and O–H groups in total. The number of rotatable bonds is 4. The van der Waals surface area contributed by atoms with Crippen LogP contribution in [0.15, 0.2) is 36.5 Å². The van der Waals surface area contributed by atoms with Crippen molar-refractivity contribution in [2.75, 3.05) is 5.73 Å². The summed E-state index contributed by atoms with van der Waals surface area (Å²) < 4.78 is 18.2. The summed E-state index contributed by atoms with van der Waals surface area (Å²) in [5, 5.41) is 9.30. The van der Waals surface area contributed by atoms with Crippen molar-refractivity contribution in [2.24, 2.45) is 0 Å². The second-order valence-electron chi connectivity index (χ2n) is 7.70. The third kappa shape index (κ3) is 3.64. The SMILES string of the molecule is C[C@@H](Oc1cc(B2OC(C)(C)C(C)(C)O2)cnc1N)c1ccccc1C#N. The summed E-state index contributed by atoms with van der Waals surface area (Å²) in [6, 6.07) is 11.3. The van der Waals surface area contributed by atoms with E-state index in [1.165, 1.54) is 0 Å². The molecule has 2 heterocycles. The van der Waals surface area contributed by atoms with Gasteiger partial charge < -0.3 is 19.8 Å². The van der Waals surface area contributed by atoms with Gasteiger partial charge in [-0.15, -0.1) is 0 Å². The van der Waals surface area contributed by atoms with Gasteiger partial charge in [-0.3, -0.25) is 0 Å². The molecule has 1 fully saturated rings. The van der Waals surface area contributed by atoms with Gasteiger partial charge in [0.25, 0.3) is 0 Å². The van der Waals surface area contributed by atoms with Gasteiger partial charge in [0.2, 0.25) is 0 Å². The number of aromatic nitrogens is 1. The highest BCUT2D eigenvalue weighted by molar-refractivity contribution is 6.62. The van der Waals surface area contributed by atoms with E-state index in [0.29, 0.717) is 11.3 Å². The van der Waals surface area contributed by atoms with E-state index in [0.717, 1.165) is 11.0 Å². The van der Waals surface area contributed by atoms with Gasteiger partial charge in [-0.25, -0.2) is 4.98 Å². The molecule has 1 aromatic heterocycles. The van der Waals surface area contributed by atoms with E-state index in [1.807, 2.05) is 52.8 Å². The largest absolute Gasteiger partial charge is 0.496 e. The van der Waals surface area contributed by atoms with Crippen molar-refractivity contribution in [3.63, 3.8) is 0 Å². The molecule has 0 radical (unpaired) electrons. The Bertz CT molecular complexity index is 876. The van der Waals surface area contributed by atoms with Gasteiger partial charge in [0.1, 0.15) is 6.10 Å². The van der Waals surface area contributed by atoms with Crippen molar-refractivity contribution in [1.29, 1.82) is 5.26 Å². The Morgan fingerprint density at radius 1 is 1.19 bits per heavy atom. The maximum Gasteiger partial charge on any atom is 0.496 e. The van der Waals surface area contributed by atoms with Gasteiger partial charge in [-0.05, 0) is 46.8 Å². The molecule has 2 aromatic rings. The van der Waals surface area contributed by atoms with E-state index in [1.54, 1.807) is 18.3 Å². The van der Waals surface area contributed by atoms with Crippen LogP contribution in [0, 0.1) is 11.3 Å². The molecule has 6 nitrogen and oxygen atoms in total. The van der Waals surface area contributed by atoms with Gasteiger partial charge in [-0.2, -0.15) is 5.26 Å². The summed E-state index contributed by atoms with van der Waals surface area (Å²) in [6.07, 6.45) is 1.27. The zero-order valence-corrected chi connectivity index (χ0v) is 16.3. The molecule has 3 rings (SSSR count). The highest BCUT2D eigenvalue weighted by Gasteiger charge is 2.52. The Morgan fingerprint density at radius 3 is 2.44 bits per heavy atom. The Labute approximate surface area is 160 Å². The molecule has 0 saturated carbocycles. The molecule has 0 unspecified atom stereocenters. The fourth-order valence-electron chi connectivity index (χ4n) is 2.88. The minimum Gasteiger partial charge on any atom is -0.482 e. The average molecular weight is 365 g/mol. The molecule has 140 valence electrons. The standard InChI is InChI=1S/C20H24BN3O3/c1-13(16-9-7-6-8-14(16)11-22)25-17-10-15(12-24-18(17)23)21-26-19(2,3)20(4,5)27-21/h6-10,12-13H,1-5H3,(H2,23,24)/t13-/m1/s1. The lowest BCUT2D eigenvalue weighted by atomic mass is 9.80. The van der Waals surface area contributed by atoms with Crippen molar-refractivity contribution in [2.45, 2.75) is 51.9 Å². The first-order chi connectivity index (χ1) is 12.6. The molecule has 0 bridgehead atoms. The third-order valence-electron chi connectivity index (χ3n) is 5.25. The maximum absolute atomic E-state index is 9.30. The Balaban J connectivity index is 1.86. The van der Waals surface area contributed by atoms with Crippen LogP contribution in [-0.2, 0) is 9.31 Å². The minimum absolute atomic E-state index is 0.275. The van der Waals surface area contributed by atoms with Crippen molar-refractivity contribution in [3.05, 3.63) is 47.7 Å². The second kappa shape index (κ2) is 6.88. The van der Waals surface area contributed by atoms with Crippen LogP contribution >= 0.6 is 0 Å². The number of pyridine rings is 1. The number of ether oxygens (including phenoxy) is 1. The molecule has 7 heteroatoms. The zero-order chi connectivity index (χ0) is 19.8. The topological polar surface area (TPSA) is 90.4 Å². The summed E-state index contributed by atoms with van der Waals surface area (Å²) >= 11 is 0. The second-order valence-corrected chi connectivity index (χ2v) is 7.70. The summed E-state index contributed by atoms with van der Waals surface area (Å²) in [4.78, 5) is 4.24. The average Bonchev–Trinajstić information content (AvgIpc) is 2.84. The number of nitrogen functional groups attached to an aromatic ring is 1. The molecule has 27 heavy (non-hydrogen) atoms. The van der Waals surface area contributed by atoms with E-state index in [-0.39, 0.29) is 11.9 Å². The molecule has 1 aliphatic heterocycles. The number of benzene rings is 1. The van der Waals surface area contributed by atoms with Crippen molar-refractivity contribution in [3.8, 4) is 11.8 Å². The summed E-state index contributed by atoms with van der Waals surface area (Å²) in [7, 11) is -0.549. The molecule has 0 amide bonds. The fraction of sp³-hybridized carbons (Fsp3) is 0.400. The van der Waals surface area contributed by atoms with Crippen LogP contribution < -0.4 is 15.9 Å². The molecular formula is C20H24BN3O3. The summed E-state index contributed by atoms with van der Waals surface area (Å²) in [5.41, 5.74) is 7.21. The van der Waals surface area contributed by atoms with E-state index in [4.69, 9.17) is 19.8 Å². The predicted octanol–water partition coefficient (Wildman–Crippen LogP) is 2.97. The molecular weight excluding hydrogens is 341 g/mol. The van der Waals surface area contributed by atoms with Gasteiger partial charge in [0.15, 0.2) is 11.6 Å². The van der Waals surface area contributed by atoms with Crippen molar-refractivity contribution in [1.82, 2.24) is 4.98 Å². The van der Waals surface area contributed by atoms with E-state index in [2.05, 4.69) is 11.1 Å². The number of nitrogens with zero attached hydrogens (tertiary/aromatic N) is 2. The third-order valence-corrected chi connectivity index (χ3v) is 5.25. The van der Waals surface area contributed by atoms with Crippen LogP contribution in [0.4, 0.5) is 5.82 Å². The highest BCUT2D eigenvalue weighted by atomic mass is 16.7. The molecule has 0 aliphatic carbocycles. The number of hydrogen-bond acceptors (Lipinski definition) is 6. The van der Waals surface area contributed by atoms with E-state index in [9.17, 15) is 5.26 Å². The number of anilines is 1. The van der Waals surface area contributed by atoms with Gasteiger partial charge in [0, 0.05) is 17.2 Å². The Morgan fingerprint density at radius 2 is 1.81 bits per heavy atom. The van der Waals surface area contributed by atoms with Gasteiger partial charge in [-0.1, -0.05) is 18.2 Å². The van der Waals surface area contributed by atoms with Gasteiger partial charge >= 0.3 is 7.12 Å². The van der Waals surface area contributed by atoms with Crippen LogP contribution in [-0.4, -0.2) is 23.3 Å². The lowest BCUT2D eigenvalue weighted by molar-refractivity contribution is 0.00578. The lowest BCUT2D eigenvalue weighted by Crippen LogP contribution is -2.41. The fourth-order valence-corrected chi connectivity index (χ4v) is 2.88. The van der Waals surface area contributed by atoms with Crippen LogP contribution in [0.25, 0.3) is 0 Å². The lowest BCUT2D eigenvalue weighted by Gasteiger charge is -2.32. The smallest absolute Gasteiger partial charge is 0.482 e. The van der Waals surface area contributed by atoms with Crippen LogP contribution in [0.3, 0.4) is 0 Å². The van der Waals surface area contributed by atoms with Crippen LogP contribution in [0.1, 0.15) is 51.8 Å². The quantitative estimate of drug-likeness (QED) is 0.838. The van der Waals surface area contributed by atoms with Crippen molar-refractivity contribution < 1.29 is 14.0 Å². The first-order valence-corrected chi connectivity index (χ1v) is 8.91. The predicted molar refractivity (Wildman–Crippen MR) is 105 cm³/mol. The summed E-state index contributed by atoms with van der Waals surface area (Å²) in [6.45, 7) is 9.86. The van der Waals surface area contributed by atoms with E-state index >= 15 is 0 Å². The normalized spacial score (nSPS) is 18.7. The molecule has 1 aromatic carbocycles. The Hall–Kier alpha value is -2.56. The van der Waals surface area contributed by atoms with Crippen LogP contribution in [0.2, 0.25) is 0 Å². The van der Waals surface area contributed by atoms with Crippen molar-refractivity contribution >= 4 is 18.4 Å². The molecule has 1 aliphatic rings. The molecule has 1 saturated heterocycles. The maximum atomic E-state index is 9.30. The summed E-state index contributed by atoms with van der Waals surface area (Å²) in [5.74, 6) is 0.707. The highest BCUT2D eigenvalue weighted by Crippen LogP contribution is 2.37. The Kier molecular flexibility index (Phi) is 4.89. The van der Waals surface area contributed by atoms with Crippen LogP contribution in [0.5, 0.6) is 5.75 Å². The minimum atomic E-state index is -0.549. The first kappa shape index (κ1) is 19.2. The monoisotopic (exact) mass is 365 g/mol.